The number of hydrogen-bond acceptors (Lipinski definition) is 3. The van der Waals surface area contributed by atoms with Crippen LogP contribution in [-0.4, -0.2) is 23.3 Å². The minimum atomic E-state index is -0.375. The second kappa shape index (κ2) is 8.92. The van der Waals surface area contributed by atoms with Gasteiger partial charge < -0.3 is 10.6 Å². The third-order valence-electron chi connectivity index (χ3n) is 2.80. The van der Waals surface area contributed by atoms with E-state index in [0.717, 1.165) is 11.8 Å². The SMILES string of the molecule is O=C(CSCC(=O)Nc1ccc(Cl)cc1Cl)Nc1ccc(F)cc1. The first-order valence-electron chi connectivity index (χ1n) is 6.82. The highest BCUT2D eigenvalue weighted by Gasteiger charge is 2.09. The molecular formula is C16H13Cl2FN2O2S. The number of thioether (sulfide) groups is 1. The van der Waals surface area contributed by atoms with E-state index in [1.807, 2.05) is 0 Å². The van der Waals surface area contributed by atoms with Gasteiger partial charge in [-0.3, -0.25) is 9.59 Å². The predicted molar refractivity (Wildman–Crippen MR) is 97.4 cm³/mol. The number of carbonyl (C=O) groups excluding carboxylic acids is 2. The van der Waals surface area contributed by atoms with Gasteiger partial charge >= 0.3 is 0 Å². The molecule has 24 heavy (non-hydrogen) atoms. The summed E-state index contributed by atoms with van der Waals surface area (Å²) in [4.78, 5) is 23.6. The topological polar surface area (TPSA) is 58.2 Å². The fourth-order valence-corrected chi connectivity index (χ4v) is 2.82. The van der Waals surface area contributed by atoms with E-state index in [4.69, 9.17) is 23.2 Å². The van der Waals surface area contributed by atoms with Gasteiger partial charge in [0.1, 0.15) is 5.82 Å². The monoisotopic (exact) mass is 386 g/mol. The molecule has 2 amide bonds. The van der Waals surface area contributed by atoms with Gasteiger partial charge in [-0.05, 0) is 42.5 Å². The Labute approximate surface area is 152 Å². The number of benzene rings is 2. The molecule has 4 nitrogen and oxygen atoms in total. The number of hydrogen-bond donors (Lipinski definition) is 2. The highest BCUT2D eigenvalue weighted by molar-refractivity contribution is 8.00. The third kappa shape index (κ3) is 6.03. The summed E-state index contributed by atoms with van der Waals surface area (Å²) < 4.78 is 12.8. The highest BCUT2D eigenvalue weighted by atomic mass is 35.5. The first kappa shape index (κ1) is 18.6. The zero-order valence-corrected chi connectivity index (χ0v) is 14.6. The van der Waals surface area contributed by atoms with Crippen LogP contribution in [0, 0.1) is 5.82 Å². The molecule has 0 unspecified atom stereocenters. The fourth-order valence-electron chi connectivity index (χ4n) is 1.74. The Hall–Kier alpha value is -1.76. The van der Waals surface area contributed by atoms with Gasteiger partial charge in [-0.1, -0.05) is 23.2 Å². The standard InChI is InChI=1S/C16H13Cl2FN2O2S/c17-10-1-6-14(13(18)7-10)21-16(23)9-24-8-15(22)20-12-4-2-11(19)3-5-12/h1-7H,8-9H2,(H,20,22)(H,21,23). The van der Waals surface area contributed by atoms with Crippen LogP contribution in [0.1, 0.15) is 0 Å². The molecule has 0 heterocycles. The molecular weight excluding hydrogens is 374 g/mol. The molecule has 0 radical (unpaired) electrons. The quantitative estimate of drug-likeness (QED) is 0.771. The lowest BCUT2D eigenvalue weighted by Crippen LogP contribution is -2.18. The number of halogens is 3. The average molecular weight is 387 g/mol. The van der Waals surface area contributed by atoms with Crippen LogP contribution < -0.4 is 10.6 Å². The molecule has 0 aromatic heterocycles. The van der Waals surface area contributed by atoms with Gasteiger partial charge in [0.2, 0.25) is 11.8 Å². The Morgan fingerprint density at radius 1 is 0.958 bits per heavy atom. The van der Waals surface area contributed by atoms with Crippen molar-refractivity contribution in [3.63, 3.8) is 0 Å². The third-order valence-corrected chi connectivity index (χ3v) is 4.28. The Kier molecular flexibility index (Phi) is 6.90. The lowest BCUT2D eigenvalue weighted by Gasteiger charge is -2.08. The maximum atomic E-state index is 12.8. The molecule has 0 aliphatic carbocycles. The Balaban J connectivity index is 1.73. The van der Waals surface area contributed by atoms with E-state index in [0.29, 0.717) is 21.4 Å². The molecule has 2 N–H and O–H groups in total. The zero-order chi connectivity index (χ0) is 17.5. The molecule has 0 aliphatic rings. The summed E-state index contributed by atoms with van der Waals surface area (Å²) in [6.45, 7) is 0. The second-order valence-electron chi connectivity index (χ2n) is 4.72. The van der Waals surface area contributed by atoms with E-state index < -0.39 is 0 Å². The number of amides is 2. The molecule has 0 bridgehead atoms. The molecule has 126 valence electrons. The smallest absolute Gasteiger partial charge is 0.234 e. The van der Waals surface area contributed by atoms with Crippen molar-refractivity contribution in [3.8, 4) is 0 Å². The van der Waals surface area contributed by atoms with Gasteiger partial charge in [0.05, 0.1) is 22.2 Å². The first-order chi connectivity index (χ1) is 11.4. The molecule has 2 aromatic rings. The summed E-state index contributed by atoms with van der Waals surface area (Å²) in [5, 5.41) is 6.08. The summed E-state index contributed by atoms with van der Waals surface area (Å²) in [7, 11) is 0. The molecule has 0 fully saturated rings. The summed E-state index contributed by atoms with van der Waals surface area (Å²) in [5.74, 6) is -0.739. The normalized spacial score (nSPS) is 10.3. The van der Waals surface area contributed by atoms with Crippen molar-refractivity contribution in [3.05, 3.63) is 58.3 Å². The van der Waals surface area contributed by atoms with Crippen LogP contribution in [0.2, 0.25) is 10.0 Å². The van der Waals surface area contributed by atoms with Crippen molar-refractivity contribution in [2.75, 3.05) is 22.1 Å². The van der Waals surface area contributed by atoms with E-state index in [1.54, 1.807) is 12.1 Å². The second-order valence-corrected chi connectivity index (χ2v) is 6.55. The predicted octanol–water partition coefficient (Wildman–Crippen LogP) is 4.44. The maximum Gasteiger partial charge on any atom is 0.234 e. The number of rotatable bonds is 6. The first-order valence-corrected chi connectivity index (χ1v) is 8.73. The largest absolute Gasteiger partial charge is 0.325 e. The van der Waals surface area contributed by atoms with Gasteiger partial charge in [-0.15, -0.1) is 11.8 Å². The van der Waals surface area contributed by atoms with Gasteiger partial charge in [0.25, 0.3) is 0 Å². The van der Waals surface area contributed by atoms with E-state index in [1.165, 1.54) is 30.3 Å². The van der Waals surface area contributed by atoms with Crippen molar-refractivity contribution in [2.24, 2.45) is 0 Å². The van der Waals surface area contributed by atoms with Crippen molar-refractivity contribution < 1.29 is 14.0 Å². The van der Waals surface area contributed by atoms with Crippen LogP contribution in [0.15, 0.2) is 42.5 Å². The molecule has 0 atom stereocenters. The summed E-state index contributed by atoms with van der Waals surface area (Å²) in [6.07, 6.45) is 0. The summed E-state index contributed by atoms with van der Waals surface area (Å²) in [6, 6.07) is 10.2. The molecule has 0 aliphatic heterocycles. The highest BCUT2D eigenvalue weighted by Crippen LogP contribution is 2.25. The van der Waals surface area contributed by atoms with Crippen LogP contribution in [0.5, 0.6) is 0 Å². The molecule has 2 aromatic carbocycles. The average Bonchev–Trinajstić information content (AvgIpc) is 2.52. The van der Waals surface area contributed by atoms with Crippen molar-refractivity contribution in [1.29, 1.82) is 0 Å². The zero-order valence-electron chi connectivity index (χ0n) is 12.3. The van der Waals surface area contributed by atoms with Crippen LogP contribution >= 0.6 is 35.0 Å². The lowest BCUT2D eigenvalue weighted by atomic mass is 10.3. The summed E-state index contributed by atoms with van der Waals surface area (Å²) >= 11 is 12.9. The van der Waals surface area contributed by atoms with E-state index >= 15 is 0 Å². The van der Waals surface area contributed by atoms with E-state index in [9.17, 15) is 14.0 Å². The molecule has 0 saturated carbocycles. The molecule has 8 heteroatoms. The van der Waals surface area contributed by atoms with Gasteiger partial charge in [0, 0.05) is 10.7 Å². The minimum absolute atomic E-state index is 0.0930. The van der Waals surface area contributed by atoms with Crippen molar-refractivity contribution >= 4 is 58.2 Å². The van der Waals surface area contributed by atoms with Crippen LogP contribution in [0.25, 0.3) is 0 Å². The van der Waals surface area contributed by atoms with E-state index in [-0.39, 0.29) is 29.1 Å². The van der Waals surface area contributed by atoms with Crippen molar-refractivity contribution in [2.45, 2.75) is 0 Å². The maximum absolute atomic E-state index is 12.8. The Morgan fingerprint density at radius 3 is 2.21 bits per heavy atom. The fraction of sp³-hybridized carbons (Fsp3) is 0.125. The van der Waals surface area contributed by atoms with Crippen LogP contribution in [0.3, 0.4) is 0 Å². The lowest BCUT2D eigenvalue weighted by molar-refractivity contribution is -0.114. The number of nitrogens with one attached hydrogen (secondary N) is 2. The van der Waals surface area contributed by atoms with Crippen LogP contribution in [0.4, 0.5) is 15.8 Å². The Bertz CT molecular complexity index is 741. The van der Waals surface area contributed by atoms with E-state index in [2.05, 4.69) is 10.6 Å². The van der Waals surface area contributed by atoms with Crippen molar-refractivity contribution in [1.82, 2.24) is 0 Å². The molecule has 2 rings (SSSR count). The molecule has 0 spiro atoms. The Morgan fingerprint density at radius 2 is 1.58 bits per heavy atom. The number of anilines is 2. The van der Waals surface area contributed by atoms with Gasteiger partial charge in [-0.2, -0.15) is 0 Å². The van der Waals surface area contributed by atoms with Gasteiger partial charge in [0.15, 0.2) is 0 Å². The number of carbonyl (C=O) groups is 2. The van der Waals surface area contributed by atoms with Gasteiger partial charge in [-0.25, -0.2) is 4.39 Å². The summed E-state index contributed by atoms with van der Waals surface area (Å²) in [5.41, 5.74) is 0.960. The molecule has 0 saturated heterocycles. The van der Waals surface area contributed by atoms with Crippen LogP contribution in [-0.2, 0) is 9.59 Å². The minimum Gasteiger partial charge on any atom is -0.325 e.